The molecular weight excluding hydrogens is 232 g/mol. The van der Waals surface area contributed by atoms with Crippen molar-refractivity contribution in [2.24, 2.45) is 5.41 Å². The van der Waals surface area contributed by atoms with E-state index in [2.05, 4.69) is 6.92 Å². The maximum atomic E-state index is 5.68. The highest BCUT2D eigenvalue weighted by Gasteiger charge is 2.51. The molecule has 0 radical (unpaired) electrons. The molecule has 1 aromatic rings. The van der Waals surface area contributed by atoms with Crippen LogP contribution in [0, 0.1) is 12.3 Å². The molecule has 1 aromatic carbocycles. The van der Waals surface area contributed by atoms with E-state index in [0.29, 0.717) is 19.8 Å². The lowest BCUT2D eigenvalue weighted by Gasteiger charge is -2.49. The molecule has 3 heterocycles. The molecule has 3 saturated heterocycles. The molecule has 0 saturated carbocycles. The van der Waals surface area contributed by atoms with E-state index in [4.69, 9.17) is 18.9 Å². The fourth-order valence-electron chi connectivity index (χ4n) is 2.03. The first-order valence-electron chi connectivity index (χ1n) is 6.21. The Morgan fingerprint density at radius 1 is 1.06 bits per heavy atom. The first kappa shape index (κ1) is 12.0. The lowest BCUT2D eigenvalue weighted by atomic mass is 9.92. The van der Waals surface area contributed by atoms with Crippen LogP contribution in [0.2, 0.25) is 0 Å². The molecule has 0 amide bonds. The van der Waals surface area contributed by atoms with E-state index >= 15 is 0 Å². The molecule has 4 heteroatoms. The fraction of sp³-hybridized carbons (Fsp3) is 0.571. The predicted octanol–water partition coefficient (Wildman–Crippen LogP) is 2.11. The van der Waals surface area contributed by atoms with Crippen LogP contribution in [0.3, 0.4) is 0 Å². The minimum absolute atomic E-state index is 0.00832. The van der Waals surface area contributed by atoms with Crippen LogP contribution < -0.4 is 4.74 Å². The Balaban J connectivity index is 1.62. The van der Waals surface area contributed by atoms with Crippen molar-refractivity contribution >= 4 is 0 Å². The van der Waals surface area contributed by atoms with Gasteiger partial charge in [0.25, 0.3) is 0 Å². The van der Waals surface area contributed by atoms with Gasteiger partial charge < -0.3 is 18.9 Å². The maximum Gasteiger partial charge on any atom is 0.319 e. The third-order valence-electron chi connectivity index (χ3n) is 3.36. The summed E-state index contributed by atoms with van der Waals surface area (Å²) >= 11 is 0. The predicted molar refractivity (Wildman–Crippen MR) is 65.4 cm³/mol. The monoisotopic (exact) mass is 250 g/mol. The summed E-state index contributed by atoms with van der Waals surface area (Å²) in [5.41, 5.74) is 1.20. The zero-order chi connectivity index (χ0) is 12.6. The zero-order valence-electron chi connectivity index (χ0n) is 10.8. The SMILES string of the molecule is Cc1ccc(OCC23OCC(C)(CO2)CO3)cc1. The first-order valence-corrected chi connectivity index (χ1v) is 6.21. The highest BCUT2D eigenvalue weighted by Crippen LogP contribution is 2.38. The number of benzene rings is 1. The van der Waals surface area contributed by atoms with E-state index in [-0.39, 0.29) is 12.0 Å². The second-order valence-corrected chi connectivity index (χ2v) is 5.46. The Kier molecular flexibility index (Phi) is 2.81. The summed E-state index contributed by atoms with van der Waals surface area (Å²) in [6, 6.07) is 7.88. The van der Waals surface area contributed by atoms with E-state index in [1.165, 1.54) is 5.56 Å². The van der Waals surface area contributed by atoms with E-state index in [0.717, 1.165) is 5.75 Å². The molecule has 0 N–H and O–H groups in total. The number of ether oxygens (including phenoxy) is 4. The van der Waals surface area contributed by atoms with Crippen molar-refractivity contribution < 1.29 is 18.9 Å². The average Bonchev–Trinajstić information content (AvgIpc) is 2.40. The summed E-state index contributed by atoms with van der Waals surface area (Å²) < 4.78 is 22.6. The van der Waals surface area contributed by atoms with Crippen molar-refractivity contribution in [1.82, 2.24) is 0 Å². The molecule has 0 unspecified atom stereocenters. The van der Waals surface area contributed by atoms with Crippen LogP contribution in [-0.4, -0.2) is 32.4 Å². The second-order valence-electron chi connectivity index (χ2n) is 5.46. The van der Waals surface area contributed by atoms with Gasteiger partial charge in [0.2, 0.25) is 0 Å². The summed E-state index contributed by atoms with van der Waals surface area (Å²) in [7, 11) is 0. The van der Waals surface area contributed by atoms with Gasteiger partial charge in [0, 0.05) is 5.41 Å². The Morgan fingerprint density at radius 2 is 1.61 bits per heavy atom. The van der Waals surface area contributed by atoms with E-state index in [9.17, 15) is 0 Å². The molecule has 0 atom stereocenters. The van der Waals surface area contributed by atoms with Crippen LogP contribution >= 0.6 is 0 Å². The molecule has 3 fully saturated rings. The largest absolute Gasteiger partial charge is 0.485 e. The van der Waals surface area contributed by atoms with Crippen molar-refractivity contribution in [3.05, 3.63) is 29.8 Å². The van der Waals surface area contributed by atoms with Gasteiger partial charge in [-0.05, 0) is 19.1 Å². The third-order valence-corrected chi connectivity index (χ3v) is 3.36. The summed E-state index contributed by atoms with van der Waals surface area (Å²) in [6.07, 6.45) is 0. The molecule has 3 aliphatic heterocycles. The minimum atomic E-state index is -1.01. The number of fused-ring (bicyclic) bond motifs is 3. The Morgan fingerprint density at radius 3 is 2.17 bits per heavy atom. The number of hydrogen-bond donors (Lipinski definition) is 0. The lowest BCUT2D eigenvalue weighted by Crippen LogP contribution is -2.61. The first-order chi connectivity index (χ1) is 8.59. The second kappa shape index (κ2) is 4.23. The minimum Gasteiger partial charge on any atom is -0.485 e. The lowest BCUT2D eigenvalue weighted by molar-refractivity contribution is -0.470. The van der Waals surface area contributed by atoms with Crippen LogP contribution in [0.15, 0.2) is 24.3 Å². The molecule has 0 aliphatic carbocycles. The zero-order valence-corrected chi connectivity index (χ0v) is 10.8. The Hall–Kier alpha value is -1.10. The maximum absolute atomic E-state index is 5.68. The average molecular weight is 250 g/mol. The molecule has 0 spiro atoms. The number of rotatable bonds is 3. The van der Waals surface area contributed by atoms with Gasteiger partial charge in [0.15, 0.2) is 6.61 Å². The molecule has 98 valence electrons. The fourth-order valence-corrected chi connectivity index (χ4v) is 2.03. The molecule has 2 bridgehead atoms. The van der Waals surface area contributed by atoms with Gasteiger partial charge in [0.1, 0.15) is 5.75 Å². The summed E-state index contributed by atoms with van der Waals surface area (Å²) in [5, 5.41) is 0. The van der Waals surface area contributed by atoms with Gasteiger partial charge in [-0.25, -0.2) is 0 Å². The van der Waals surface area contributed by atoms with Gasteiger partial charge >= 0.3 is 5.97 Å². The van der Waals surface area contributed by atoms with Crippen molar-refractivity contribution in [2.75, 3.05) is 26.4 Å². The highest BCUT2D eigenvalue weighted by atomic mass is 16.9. The summed E-state index contributed by atoms with van der Waals surface area (Å²) in [4.78, 5) is 0. The summed E-state index contributed by atoms with van der Waals surface area (Å²) in [6.45, 7) is 6.36. The van der Waals surface area contributed by atoms with Crippen molar-refractivity contribution in [3.63, 3.8) is 0 Å². The van der Waals surface area contributed by atoms with Crippen LogP contribution in [-0.2, 0) is 14.2 Å². The Bertz CT molecular complexity index is 401. The van der Waals surface area contributed by atoms with E-state index < -0.39 is 5.97 Å². The van der Waals surface area contributed by atoms with E-state index in [1.807, 2.05) is 31.2 Å². The van der Waals surface area contributed by atoms with Crippen molar-refractivity contribution in [2.45, 2.75) is 19.8 Å². The van der Waals surface area contributed by atoms with Crippen LogP contribution in [0.25, 0.3) is 0 Å². The van der Waals surface area contributed by atoms with Crippen LogP contribution in [0.1, 0.15) is 12.5 Å². The smallest absolute Gasteiger partial charge is 0.319 e. The molecular formula is C14H18O4. The highest BCUT2D eigenvalue weighted by molar-refractivity contribution is 5.26. The van der Waals surface area contributed by atoms with Gasteiger partial charge in [-0.1, -0.05) is 24.6 Å². The van der Waals surface area contributed by atoms with Crippen molar-refractivity contribution in [1.29, 1.82) is 0 Å². The van der Waals surface area contributed by atoms with Crippen molar-refractivity contribution in [3.8, 4) is 5.75 Å². The van der Waals surface area contributed by atoms with Gasteiger partial charge in [0.05, 0.1) is 19.8 Å². The molecule has 3 aliphatic rings. The molecule has 0 aromatic heterocycles. The van der Waals surface area contributed by atoms with Crippen LogP contribution in [0.5, 0.6) is 5.75 Å². The van der Waals surface area contributed by atoms with Gasteiger partial charge in [-0.15, -0.1) is 0 Å². The number of aryl methyl sites for hydroxylation is 1. The van der Waals surface area contributed by atoms with E-state index in [1.54, 1.807) is 0 Å². The van der Waals surface area contributed by atoms with Gasteiger partial charge in [-0.2, -0.15) is 0 Å². The topological polar surface area (TPSA) is 36.9 Å². The molecule has 4 nitrogen and oxygen atoms in total. The standard InChI is InChI=1S/C14H18O4/c1-11-3-5-12(6-4-11)15-10-14-16-7-13(2,8-17-14)9-18-14/h3-6H,7-10H2,1-2H3. The summed E-state index contributed by atoms with van der Waals surface area (Å²) in [5.74, 6) is -0.215. The van der Waals surface area contributed by atoms with Crippen LogP contribution in [0.4, 0.5) is 0 Å². The number of hydrogen-bond acceptors (Lipinski definition) is 4. The Labute approximate surface area is 107 Å². The normalized spacial score (nSPS) is 34.6. The third kappa shape index (κ3) is 2.23. The molecule has 4 rings (SSSR count). The quantitative estimate of drug-likeness (QED) is 0.823. The van der Waals surface area contributed by atoms with Gasteiger partial charge in [-0.3, -0.25) is 0 Å². The molecule has 18 heavy (non-hydrogen) atoms.